The highest BCUT2D eigenvalue weighted by Gasteiger charge is 2.51. The molecule has 5 nitrogen and oxygen atoms in total. The number of benzene rings is 1. The molecular formula is C21H31BN2O3. The molecule has 3 rings (SSSR count). The van der Waals surface area contributed by atoms with Crippen LogP contribution in [0.1, 0.15) is 51.6 Å². The number of rotatable bonds is 6. The van der Waals surface area contributed by atoms with Gasteiger partial charge in [-0.3, -0.25) is 4.68 Å². The first-order chi connectivity index (χ1) is 12.6. The molecule has 1 saturated heterocycles. The fourth-order valence-electron chi connectivity index (χ4n) is 3.41. The Labute approximate surface area is 163 Å². The summed E-state index contributed by atoms with van der Waals surface area (Å²) in [6.07, 6.45) is 1.01. The lowest BCUT2D eigenvalue weighted by Crippen LogP contribution is -2.41. The zero-order valence-electron chi connectivity index (χ0n) is 17.6. The standard InChI is InChI=1S/C21H31BN2O3/c1-8-19-15(2)23-24(16(19)3)13-14-25-18-11-9-17(10-12-18)22-26-20(4,5)21(6,7)27-22/h9-12H,8,13-14H2,1-7H3. The number of nitrogens with zero attached hydrogens (tertiary/aromatic N) is 2. The molecule has 1 aliphatic rings. The van der Waals surface area contributed by atoms with Crippen molar-refractivity contribution in [3.63, 3.8) is 0 Å². The van der Waals surface area contributed by atoms with Gasteiger partial charge in [0, 0.05) is 5.69 Å². The molecule has 2 aromatic rings. The molecule has 0 aliphatic carbocycles. The molecule has 0 saturated carbocycles. The minimum atomic E-state index is -0.341. The predicted octanol–water partition coefficient (Wildman–Crippen LogP) is 3.44. The van der Waals surface area contributed by atoms with E-state index in [1.165, 1.54) is 11.3 Å². The molecule has 146 valence electrons. The van der Waals surface area contributed by atoms with E-state index in [4.69, 9.17) is 14.0 Å². The van der Waals surface area contributed by atoms with E-state index >= 15 is 0 Å². The van der Waals surface area contributed by atoms with Crippen molar-refractivity contribution in [2.45, 2.75) is 72.6 Å². The van der Waals surface area contributed by atoms with Crippen molar-refractivity contribution in [3.8, 4) is 5.75 Å². The molecule has 2 heterocycles. The van der Waals surface area contributed by atoms with Crippen LogP contribution in [0.25, 0.3) is 0 Å². The monoisotopic (exact) mass is 370 g/mol. The molecular weight excluding hydrogens is 339 g/mol. The second-order valence-corrected chi connectivity index (χ2v) is 8.23. The molecule has 0 N–H and O–H groups in total. The van der Waals surface area contributed by atoms with Crippen molar-refractivity contribution in [1.82, 2.24) is 9.78 Å². The Morgan fingerprint density at radius 2 is 1.63 bits per heavy atom. The summed E-state index contributed by atoms with van der Waals surface area (Å²) in [5.74, 6) is 0.840. The Hall–Kier alpha value is -1.79. The normalized spacial score (nSPS) is 18.1. The van der Waals surface area contributed by atoms with Gasteiger partial charge in [0.2, 0.25) is 0 Å². The summed E-state index contributed by atoms with van der Waals surface area (Å²) >= 11 is 0. The van der Waals surface area contributed by atoms with Crippen LogP contribution in [0.2, 0.25) is 0 Å². The molecule has 0 atom stereocenters. The third-order valence-electron chi connectivity index (χ3n) is 5.86. The van der Waals surface area contributed by atoms with E-state index in [1.807, 2.05) is 28.9 Å². The topological polar surface area (TPSA) is 45.5 Å². The molecule has 0 radical (unpaired) electrons. The summed E-state index contributed by atoms with van der Waals surface area (Å²) in [6, 6.07) is 7.96. The van der Waals surface area contributed by atoms with Crippen molar-refractivity contribution in [3.05, 3.63) is 41.2 Å². The third-order valence-corrected chi connectivity index (χ3v) is 5.86. The van der Waals surface area contributed by atoms with Crippen LogP contribution in [0.3, 0.4) is 0 Å². The minimum absolute atomic E-state index is 0.329. The third kappa shape index (κ3) is 3.92. The highest BCUT2D eigenvalue weighted by molar-refractivity contribution is 6.62. The lowest BCUT2D eigenvalue weighted by Gasteiger charge is -2.32. The molecule has 27 heavy (non-hydrogen) atoms. The van der Waals surface area contributed by atoms with Gasteiger partial charge in [-0.2, -0.15) is 5.10 Å². The maximum Gasteiger partial charge on any atom is 0.494 e. The van der Waals surface area contributed by atoms with Gasteiger partial charge in [-0.15, -0.1) is 0 Å². The highest BCUT2D eigenvalue weighted by atomic mass is 16.7. The summed E-state index contributed by atoms with van der Waals surface area (Å²) in [5, 5.41) is 4.61. The molecule has 1 fully saturated rings. The molecule has 0 unspecified atom stereocenters. The van der Waals surface area contributed by atoms with Gasteiger partial charge in [0.05, 0.1) is 23.4 Å². The quantitative estimate of drug-likeness (QED) is 0.731. The predicted molar refractivity (Wildman–Crippen MR) is 109 cm³/mol. The Morgan fingerprint density at radius 1 is 1.04 bits per heavy atom. The van der Waals surface area contributed by atoms with Crippen LogP contribution in [0.15, 0.2) is 24.3 Å². The molecule has 1 aromatic carbocycles. The van der Waals surface area contributed by atoms with Crippen molar-refractivity contribution in [1.29, 1.82) is 0 Å². The number of aryl methyl sites for hydroxylation is 1. The summed E-state index contributed by atoms with van der Waals surface area (Å²) in [6.45, 7) is 15.9. The summed E-state index contributed by atoms with van der Waals surface area (Å²) in [5.41, 5.74) is 4.03. The first-order valence-electron chi connectivity index (χ1n) is 9.76. The number of ether oxygens (including phenoxy) is 1. The summed E-state index contributed by atoms with van der Waals surface area (Å²) < 4.78 is 20.1. The number of aromatic nitrogens is 2. The molecule has 0 bridgehead atoms. The largest absolute Gasteiger partial charge is 0.494 e. The van der Waals surface area contributed by atoms with Crippen LogP contribution >= 0.6 is 0 Å². The van der Waals surface area contributed by atoms with Crippen LogP contribution in [0.4, 0.5) is 0 Å². The van der Waals surface area contributed by atoms with E-state index in [-0.39, 0.29) is 18.3 Å². The molecule has 0 amide bonds. The summed E-state index contributed by atoms with van der Waals surface area (Å²) in [7, 11) is -0.341. The van der Waals surface area contributed by atoms with Gasteiger partial charge >= 0.3 is 7.12 Å². The van der Waals surface area contributed by atoms with Crippen LogP contribution in [0.5, 0.6) is 5.75 Å². The van der Waals surface area contributed by atoms with Crippen LogP contribution in [0, 0.1) is 13.8 Å². The Kier molecular flexibility index (Phi) is 5.41. The van der Waals surface area contributed by atoms with Crippen molar-refractivity contribution in [2.75, 3.05) is 6.61 Å². The molecule has 0 spiro atoms. The maximum absolute atomic E-state index is 6.09. The number of hydrogen-bond acceptors (Lipinski definition) is 4. The Balaban J connectivity index is 1.57. The zero-order valence-corrected chi connectivity index (χ0v) is 17.6. The first-order valence-corrected chi connectivity index (χ1v) is 9.76. The van der Waals surface area contributed by atoms with Crippen LogP contribution in [-0.4, -0.2) is 34.7 Å². The Bertz CT molecular complexity index is 781. The van der Waals surface area contributed by atoms with Gasteiger partial charge in [0.25, 0.3) is 0 Å². The van der Waals surface area contributed by atoms with Gasteiger partial charge in [-0.1, -0.05) is 19.1 Å². The minimum Gasteiger partial charge on any atom is -0.492 e. The molecule has 1 aromatic heterocycles. The highest BCUT2D eigenvalue weighted by Crippen LogP contribution is 2.36. The lowest BCUT2D eigenvalue weighted by molar-refractivity contribution is 0.00578. The van der Waals surface area contributed by atoms with E-state index in [0.29, 0.717) is 6.61 Å². The fraction of sp³-hybridized carbons (Fsp3) is 0.571. The lowest BCUT2D eigenvalue weighted by atomic mass is 9.79. The van der Waals surface area contributed by atoms with Gasteiger partial charge in [-0.05, 0) is 71.1 Å². The SMILES string of the molecule is CCc1c(C)nn(CCOc2ccc(B3OC(C)(C)C(C)(C)O3)cc2)c1C. The smallest absolute Gasteiger partial charge is 0.492 e. The molecule has 1 aliphatic heterocycles. The maximum atomic E-state index is 6.09. The second kappa shape index (κ2) is 7.32. The van der Waals surface area contributed by atoms with E-state index < -0.39 is 0 Å². The van der Waals surface area contributed by atoms with Gasteiger partial charge in [-0.25, -0.2) is 0 Å². The second-order valence-electron chi connectivity index (χ2n) is 8.23. The Morgan fingerprint density at radius 3 is 2.15 bits per heavy atom. The van der Waals surface area contributed by atoms with Gasteiger partial charge in [0.1, 0.15) is 12.4 Å². The van der Waals surface area contributed by atoms with Gasteiger partial charge < -0.3 is 14.0 Å². The van der Waals surface area contributed by atoms with Crippen molar-refractivity contribution < 1.29 is 14.0 Å². The van der Waals surface area contributed by atoms with Gasteiger partial charge in [0.15, 0.2) is 0 Å². The van der Waals surface area contributed by atoms with Crippen LogP contribution in [-0.2, 0) is 22.3 Å². The molecule has 6 heteroatoms. The first kappa shape index (κ1) is 20.0. The fourth-order valence-corrected chi connectivity index (χ4v) is 3.41. The summed E-state index contributed by atoms with van der Waals surface area (Å²) in [4.78, 5) is 0. The average Bonchev–Trinajstić information content (AvgIpc) is 2.99. The van der Waals surface area contributed by atoms with E-state index in [2.05, 4.69) is 53.6 Å². The van der Waals surface area contributed by atoms with Crippen molar-refractivity contribution in [2.24, 2.45) is 0 Å². The zero-order chi connectivity index (χ0) is 19.8. The van der Waals surface area contributed by atoms with Crippen molar-refractivity contribution >= 4 is 12.6 Å². The van der Waals surface area contributed by atoms with Crippen LogP contribution < -0.4 is 10.2 Å². The van der Waals surface area contributed by atoms with E-state index in [9.17, 15) is 0 Å². The number of hydrogen-bond donors (Lipinski definition) is 0. The average molecular weight is 370 g/mol. The van der Waals surface area contributed by atoms with E-state index in [0.717, 1.165) is 29.9 Å². The van der Waals surface area contributed by atoms with E-state index in [1.54, 1.807) is 0 Å².